The van der Waals surface area contributed by atoms with E-state index in [1.807, 2.05) is 0 Å². The van der Waals surface area contributed by atoms with Gasteiger partial charge in [0.2, 0.25) is 16.7 Å². The molecule has 9 heteroatoms. The third-order valence-electron chi connectivity index (χ3n) is 3.84. The SMILES string of the molecule is COc1ccc2c(c1)C1(SC(NC(C)=O)=NN1C(C)=O)C(=O)N2C. The summed E-state index contributed by atoms with van der Waals surface area (Å²) in [6.45, 7) is 2.67. The van der Waals surface area contributed by atoms with Crippen LogP contribution >= 0.6 is 11.8 Å². The normalized spacial score (nSPS) is 21.8. The van der Waals surface area contributed by atoms with Crippen molar-refractivity contribution < 1.29 is 19.1 Å². The van der Waals surface area contributed by atoms with E-state index >= 15 is 0 Å². The maximum absolute atomic E-state index is 13.0. The zero-order valence-electron chi connectivity index (χ0n) is 13.6. The molecule has 2 aliphatic rings. The number of methoxy groups -OCH3 is 1. The lowest BCUT2D eigenvalue weighted by molar-refractivity contribution is -0.139. The van der Waals surface area contributed by atoms with Crippen LogP contribution in [0.4, 0.5) is 5.69 Å². The van der Waals surface area contributed by atoms with E-state index in [2.05, 4.69) is 10.4 Å². The Bertz CT molecular complexity index is 794. The van der Waals surface area contributed by atoms with Gasteiger partial charge in [0, 0.05) is 26.5 Å². The molecule has 8 nitrogen and oxygen atoms in total. The summed E-state index contributed by atoms with van der Waals surface area (Å²) in [4.78, 5) is 36.6. The Balaban J connectivity index is 2.17. The fourth-order valence-electron chi connectivity index (χ4n) is 2.82. The Hall–Kier alpha value is -2.55. The number of amides is 3. The fourth-order valence-corrected chi connectivity index (χ4v) is 4.17. The number of nitrogens with zero attached hydrogens (tertiary/aromatic N) is 3. The van der Waals surface area contributed by atoms with Gasteiger partial charge < -0.3 is 15.0 Å². The van der Waals surface area contributed by atoms with Gasteiger partial charge in [-0.1, -0.05) is 0 Å². The highest BCUT2D eigenvalue weighted by Crippen LogP contribution is 2.54. The number of ether oxygens (including phenoxy) is 1. The summed E-state index contributed by atoms with van der Waals surface area (Å²) in [5, 5.41) is 8.02. The van der Waals surface area contributed by atoms with Crippen LogP contribution in [0.1, 0.15) is 19.4 Å². The number of hydrogen-bond donors (Lipinski definition) is 1. The molecule has 0 bridgehead atoms. The molecule has 0 aromatic heterocycles. The number of nitrogens with one attached hydrogen (secondary N) is 1. The zero-order chi connectivity index (χ0) is 17.6. The van der Waals surface area contributed by atoms with Gasteiger partial charge in [0.05, 0.1) is 12.8 Å². The fraction of sp³-hybridized carbons (Fsp3) is 0.333. The Morgan fingerprint density at radius 3 is 2.62 bits per heavy atom. The summed E-state index contributed by atoms with van der Waals surface area (Å²) in [6, 6.07) is 5.22. The predicted molar refractivity (Wildman–Crippen MR) is 89.4 cm³/mol. The second-order valence-electron chi connectivity index (χ2n) is 5.41. The van der Waals surface area contributed by atoms with E-state index in [-0.39, 0.29) is 17.0 Å². The lowest BCUT2D eigenvalue weighted by Gasteiger charge is -2.29. The van der Waals surface area contributed by atoms with Crippen LogP contribution in [-0.2, 0) is 19.3 Å². The molecule has 126 valence electrons. The molecule has 1 aromatic rings. The van der Waals surface area contributed by atoms with Gasteiger partial charge in [0.25, 0.3) is 5.91 Å². The van der Waals surface area contributed by atoms with E-state index in [1.165, 1.54) is 25.9 Å². The van der Waals surface area contributed by atoms with Gasteiger partial charge >= 0.3 is 0 Å². The molecule has 2 heterocycles. The van der Waals surface area contributed by atoms with Gasteiger partial charge in [0.1, 0.15) is 5.75 Å². The largest absolute Gasteiger partial charge is 0.497 e. The van der Waals surface area contributed by atoms with Crippen molar-refractivity contribution in [2.45, 2.75) is 18.7 Å². The minimum absolute atomic E-state index is 0.204. The lowest BCUT2D eigenvalue weighted by Crippen LogP contribution is -2.47. The van der Waals surface area contributed by atoms with Gasteiger partial charge in [0.15, 0.2) is 5.17 Å². The summed E-state index contributed by atoms with van der Waals surface area (Å²) in [7, 11) is 3.16. The van der Waals surface area contributed by atoms with Gasteiger partial charge in [-0.05, 0) is 30.0 Å². The van der Waals surface area contributed by atoms with Gasteiger partial charge in [-0.2, -0.15) is 5.01 Å². The van der Waals surface area contributed by atoms with Crippen molar-refractivity contribution >= 4 is 40.3 Å². The molecule has 1 spiro atoms. The molecule has 0 aliphatic carbocycles. The van der Waals surface area contributed by atoms with Crippen LogP contribution in [0, 0.1) is 0 Å². The minimum atomic E-state index is -1.37. The average Bonchev–Trinajstić information content (AvgIpc) is 3.00. The number of benzene rings is 1. The molecule has 0 radical (unpaired) electrons. The zero-order valence-corrected chi connectivity index (χ0v) is 14.4. The number of fused-ring (bicyclic) bond motifs is 2. The second-order valence-corrected chi connectivity index (χ2v) is 6.59. The van der Waals surface area contributed by atoms with Crippen molar-refractivity contribution in [3.05, 3.63) is 23.8 Å². The quantitative estimate of drug-likeness (QED) is 0.812. The average molecular weight is 348 g/mol. The van der Waals surface area contributed by atoms with Crippen LogP contribution in [0.25, 0.3) is 0 Å². The number of hydrazone groups is 1. The molecule has 1 unspecified atom stereocenters. The number of amidine groups is 1. The number of carbonyl (C=O) groups is 3. The first-order chi connectivity index (χ1) is 11.3. The van der Waals surface area contributed by atoms with Crippen molar-refractivity contribution in [1.29, 1.82) is 0 Å². The van der Waals surface area contributed by atoms with Gasteiger partial charge in [-0.25, -0.2) is 0 Å². The summed E-state index contributed by atoms with van der Waals surface area (Å²) in [5.74, 6) is -0.477. The molecular weight excluding hydrogens is 332 g/mol. The minimum Gasteiger partial charge on any atom is -0.497 e. The first-order valence-electron chi connectivity index (χ1n) is 7.14. The first kappa shape index (κ1) is 16.3. The van der Waals surface area contributed by atoms with Crippen molar-refractivity contribution in [2.24, 2.45) is 5.10 Å². The van der Waals surface area contributed by atoms with E-state index in [4.69, 9.17) is 4.74 Å². The molecule has 24 heavy (non-hydrogen) atoms. The van der Waals surface area contributed by atoms with E-state index in [0.29, 0.717) is 17.0 Å². The van der Waals surface area contributed by atoms with Crippen LogP contribution in [0.5, 0.6) is 5.75 Å². The van der Waals surface area contributed by atoms with Gasteiger partial charge in [-0.3, -0.25) is 14.4 Å². The smallest absolute Gasteiger partial charge is 0.270 e. The van der Waals surface area contributed by atoms with E-state index in [0.717, 1.165) is 16.8 Å². The van der Waals surface area contributed by atoms with Crippen LogP contribution in [-0.4, -0.2) is 42.1 Å². The third-order valence-corrected chi connectivity index (χ3v) is 5.08. The lowest BCUT2D eigenvalue weighted by atomic mass is 10.1. The molecule has 3 amide bonds. The summed E-state index contributed by atoms with van der Waals surface area (Å²) < 4.78 is 5.25. The Kier molecular flexibility index (Phi) is 3.75. The standard InChI is InChI=1S/C15H16N4O4S/c1-8(20)16-14-17-19(9(2)21)15(24-14)11-7-10(23-4)5-6-12(11)18(3)13(15)22/h5-7H,1-4H3,(H,16,17,20). The number of carbonyl (C=O) groups excluding carboxylic acids is 3. The highest BCUT2D eigenvalue weighted by molar-refractivity contribution is 8.15. The Morgan fingerprint density at radius 2 is 2.04 bits per heavy atom. The van der Waals surface area contributed by atoms with E-state index in [1.54, 1.807) is 25.2 Å². The monoisotopic (exact) mass is 348 g/mol. The van der Waals surface area contributed by atoms with E-state index < -0.39 is 10.8 Å². The number of likely N-dealkylation sites (N-methyl/N-ethyl adjacent to an activating group) is 1. The van der Waals surface area contributed by atoms with Crippen LogP contribution < -0.4 is 15.0 Å². The summed E-state index contributed by atoms with van der Waals surface area (Å²) >= 11 is 1.04. The third kappa shape index (κ3) is 2.15. The van der Waals surface area contributed by atoms with Crippen molar-refractivity contribution in [3.8, 4) is 5.75 Å². The van der Waals surface area contributed by atoms with Crippen molar-refractivity contribution in [2.75, 3.05) is 19.1 Å². The molecular formula is C15H16N4O4S. The predicted octanol–water partition coefficient (Wildman–Crippen LogP) is 0.827. The number of rotatable bonds is 1. The van der Waals surface area contributed by atoms with Gasteiger partial charge in [-0.15, -0.1) is 5.10 Å². The Labute approximate surface area is 142 Å². The van der Waals surface area contributed by atoms with Crippen LogP contribution in [0.3, 0.4) is 0 Å². The van der Waals surface area contributed by atoms with Crippen LogP contribution in [0.2, 0.25) is 0 Å². The molecule has 1 atom stereocenters. The van der Waals surface area contributed by atoms with Crippen molar-refractivity contribution in [1.82, 2.24) is 10.3 Å². The summed E-state index contributed by atoms with van der Waals surface area (Å²) in [6.07, 6.45) is 0. The molecule has 0 saturated heterocycles. The molecule has 1 N–H and O–H groups in total. The molecule has 0 saturated carbocycles. The highest BCUT2D eigenvalue weighted by atomic mass is 32.2. The molecule has 2 aliphatic heterocycles. The maximum Gasteiger partial charge on any atom is 0.270 e. The second kappa shape index (κ2) is 5.52. The highest BCUT2D eigenvalue weighted by Gasteiger charge is 2.60. The Morgan fingerprint density at radius 1 is 1.33 bits per heavy atom. The number of anilines is 1. The number of thioether (sulfide) groups is 1. The first-order valence-corrected chi connectivity index (χ1v) is 7.95. The topological polar surface area (TPSA) is 91.3 Å². The van der Waals surface area contributed by atoms with E-state index in [9.17, 15) is 14.4 Å². The van der Waals surface area contributed by atoms with Crippen molar-refractivity contribution in [3.63, 3.8) is 0 Å². The number of hydrogen-bond acceptors (Lipinski definition) is 6. The summed E-state index contributed by atoms with van der Waals surface area (Å²) in [5.41, 5.74) is 1.26. The molecule has 0 fully saturated rings. The van der Waals surface area contributed by atoms with Crippen LogP contribution in [0.15, 0.2) is 23.3 Å². The maximum atomic E-state index is 13.0. The molecule has 3 rings (SSSR count). The molecule has 1 aromatic carbocycles.